The van der Waals surface area contributed by atoms with Crippen LogP contribution in [-0.4, -0.2) is 41.2 Å². The van der Waals surface area contributed by atoms with Crippen molar-refractivity contribution in [3.8, 4) is 11.5 Å². The second-order valence-corrected chi connectivity index (χ2v) is 6.55. The monoisotopic (exact) mass is 412 g/mol. The van der Waals surface area contributed by atoms with Crippen LogP contribution in [0, 0.1) is 16.0 Å². The number of nitrogens with one attached hydrogen (secondary N) is 2. The van der Waals surface area contributed by atoms with E-state index < -0.39 is 22.7 Å². The van der Waals surface area contributed by atoms with E-state index in [1.807, 2.05) is 30.3 Å². The fourth-order valence-electron chi connectivity index (χ4n) is 3.25. The van der Waals surface area contributed by atoms with Gasteiger partial charge in [0.1, 0.15) is 5.92 Å². The number of benzene rings is 2. The number of hydrogen-bond acceptors (Lipinski definition) is 7. The third-order valence-electron chi connectivity index (χ3n) is 4.67. The maximum absolute atomic E-state index is 12.6. The fraction of sp³-hybridized carbons (Fsp3) is 0.250. The number of phenolic OH excluding ortho intramolecular Hbond substituents is 1. The SMILES string of the molecule is CCOc1cc([N+](=O)[O-])cc(/C=N/NC(=O)[C@H]2C(=O)NC[C@@H]2c2ccccc2)c1O. The molecule has 1 aliphatic rings. The minimum absolute atomic E-state index is 0.0107. The van der Waals surface area contributed by atoms with E-state index in [0.717, 1.165) is 23.9 Å². The molecule has 156 valence electrons. The summed E-state index contributed by atoms with van der Waals surface area (Å²) in [5, 5.41) is 27.8. The van der Waals surface area contributed by atoms with E-state index in [1.165, 1.54) is 0 Å². The summed E-state index contributed by atoms with van der Waals surface area (Å²) >= 11 is 0. The zero-order chi connectivity index (χ0) is 21.7. The maximum Gasteiger partial charge on any atom is 0.274 e. The highest BCUT2D eigenvalue weighted by molar-refractivity contribution is 6.03. The van der Waals surface area contributed by atoms with Crippen LogP contribution in [0.1, 0.15) is 24.0 Å². The number of hydrogen-bond donors (Lipinski definition) is 3. The molecular weight excluding hydrogens is 392 g/mol. The van der Waals surface area contributed by atoms with Crippen LogP contribution in [0.5, 0.6) is 11.5 Å². The number of carbonyl (C=O) groups excluding carboxylic acids is 2. The van der Waals surface area contributed by atoms with E-state index in [2.05, 4.69) is 15.8 Å². The Balaban J connectivity index is 1.78. The van der Waals surface area contributed by atoms with Gasteiger partial charge in [-0.3, -0.25) is 19.7 Å². The molecule has 2 aromatic carbocycles. The molecule has 0 saturated carbocycles. The Bertz CT molecular complexity index is 992. The van der Waals surface area contributed by atoms with Crippen LogP contribution in [0.2, 0.25) is 0 Å². The van der Waals surface area contributed by atoms with Crippen molar-refractivity contribution >= 4 is 23.7 Å². The third kappa shape index (κ3) is 4.37. The second-order valence-electron chi connectivity index (χ2n) is 6.55. The van der Waals surface area contributed by atoms with Crippen LogP contribution in [-0.2, 0) is 9.59 Å². The van der Waals surface area contributed by atoms with Crippen molar-refractivity contribution in [2.24, 2.45) is 11.0 Å². The van der Waals surface area contributed by atoms with Gasteiger partial charge in [0.25, 0.3) is 11.6 Å². The van der Waals surface area contributed by atoms with Crippen molar-refractivity contribution < 1.29 is 24.4 Å². The number of ether oxygens (including phenoxy) is 1. The Kier molecular flexibility index (Phi) is 6.26. The van der Waals surface area contributed by atoms with Crippen LogP contribution in [0.3, 0.4) is 0 Å². The van der Waals surface area contributed by atoms with Gasteiger partial charge >= 0.3 is 0 Å². The highest BCUT2D eigenvalue weighted by atomic mass is 16.6. The summed E-state index contributed by atoms with van der Waals surface area (Å²) in [5.74, 6) is -2.76. The number of non-ortho nitro benzene ring substituents is 1. The van der Waals surface area contributed by atoms with E-state index in [1.54, 1.807) is 6.92 Å². The molecule has 0 spiro atoms. The normalized spacial score (nSPS) is 18.2. The van der Waals surface area contributed by atoms with Crippen molar-refractivity contribution in [3.63, 3.8) is 0 Å². The number of rotatable bonds is 7. The predicted octanol–water partition coefficient (Wildman–Crippen LogP) is 1.68. The Morgan fingerprint density at radius 2 is 2.13 bits per heavy atom. The molecule has 3 rings (SSSR count). The average Bonchev–Trinajstić information content (AvgIpc) is 3.12. The Morgan fingerprint density at radius 1 is 1.40 bits per heavy atom. The minimum atomic E-state index is -0.970. The molecular formula is C20H20N4O6. The summed E-state index contributed by atoms with van der Waals surface area (Å²) in [6, 6.07) is 11.4. The number of nitro groups is 1. The molecule has 3 N–H and O–H groups in total. The third-order valence-corrected chi connectivity index (χ3v) is 4.67. The lowest BCUT2D eigenvalue weighted by Crippen LogP contribution is -2.34. The fourth-order valence-corrected chi connectivity index (χ4v) is 3.25. The first kappa shape index (κ1) is 20.8. The maximum atomic E-state index is 12.6. The first-order valence-corrected chi connectivity index (χ1v) is 9.22. The number of amides is 2. The number of phenols is 1. The lowest BCUT2D eigenvalue weighted by molar-refractivity contribution is -0.385. The Morgan fingerprint density at radius 3 is 2.80 bits per heavy atom. The largest absolute Gasteiger partial charge is 0.504 e. The van der Waals surface area contributed by atoms with Crippen molar-refractivity contribution in [2.45, 2.75) is 12.8 Å². The van der Waals surface area contributed by atoms with Crippen molar-refractivity contribution in [2.75, 3.05) is 13.2 Å². The smallest absolute Gasteiger partial charge is 0.274 e. The molecule has 0 bridgehead atoms. The molecule has 1 aliphatic heterocycles. The van der Waals surface area contributed by atoms with E-state index in [9.17, 15) is 24.8 Å². The van der Waals surface area contributed by atoms with E-state index in [4.69, 9.17) is 4.74 Å². The van der Waals surface area contributed by atoms with Gasteiger partial charge in [-0.1, -0.05) is 30.3 Å². The standard InChI is InChI=1S/C20H20N4O6/c1-2-30-16-9-14(24(28)29)8-13(18(16)25)10-22-23-20(27)17-15(11-21-19(17)26)12-6-4-3-5-7-12/h3-10,15,17,25H,2,11H2,1H3,(H,21,26)(H,23,27)/b22-10+/t15-,17-/m1/s1. The minimum Gasteiger partial charge on any atom is -0.504 e. The molecule has 0 radical (unpaired) electrons. The number of carbonyl (C=O) groups is 2. The lowest BCUT2D eigenvalue weighted by atomic mass is 9.88. The molecule has 0 unspecified atom stereocenters. The zero-order valence-electron chi connectivity index (χ0n) is 16.1. The highest BCUT2D eigenvalue weighted by Gasteiger charge is 2.40. The second kappa shape index (κ2) is 9.03. The van der Waals surface area contributed by atoms with Gasteiger partial charge < -0.3 is 15.2 Å². The first-order valence-electron chi connectivity index (χ1n) is 9.22. The zero-order valence-corrected chi connectivity index (χ0v) is 16.1. The van der Waals surface area contributed by atoms with Gasteiger partial charge in [-0.25, -0.2) is 5.43 Å². The number of nitrogens with zero attached hydrogens (tertiary/aromatic N) is 2. The summed E-state index contributed by atoms with van der Waals surface area (Å²) in [6.07, 6.45) is 1.06. The molecule has 10 heteroatoms. The Hall–Kier alpha value is -3.95. The van der Waals surface area contributed by atoms with Crippen LogP contribution in [0.15, 0.2) is 47.6 Å². The van der Waals surface area contributed by atoms with Gasteiger partial charge in [-0.2, -0.15) is 5.10 Å². The van der Waals surface area contributed by atoms with Crippen molar-refractivity contribution in [1.29, 1.82) is 0 Å². The van der Waals surface area contributed by atoms with Gasteiger partial charge in [-0.15, -0.1) is 0 Å². The summed E-state index contributed by atoms with van der Waals surface area (Å²) in [4.78, 5) is 35.2. The quantitative estimate of drug-likeness (QED) is 0.273. The molecule has 0 aromatic heterocycles. The molecule has 1 heterocycles. The molecule has 2 aromatic rings. The average molecular weight is 412 g/mol. The van der Waals surface area contributed by atoms with E-state index in [-0.39, 0.29) is 35.3 Å². The molecule has 1 fully saturated rings. The van der Waals surface area contributed by atoms with E-state index >= 15 is 0 Å². The summed E-state index contributed by atoms with van der Waals surface area (Å²) in [5.41, 5.74) is 2.81. The molecule has 1 saturated heterocycles. The number of nitro benzene ring substituents is 1. The van der Waals surface area contributed by atoms with E-state index in [0.29, 0.717) is 6.54 Å². The number of hydrazone groups is 1. The van der Waals surface area contributed by atoms with Gasteiger partial charge in [0, 0.05) is 24.1 Å². The van der Waals surface area contributed by atoms with Crippen LogP contribution >= 0.6 is 0 Å². The predicted molar refractivity (Wildman–Crippen MR) is 107 cm³/mol. The topological polar surface area (TPSA) is 143 Å². The molecule has 30 heavy (non-hydrogen) atoms. The summed E-state index contributed by atoms with van der Waals surface area (Å²) < 4.78 is 5.20. The van der Waals surface area contributed by atoms with Crippen LogP contribution < -0.4 is 15.5 Å². The highest BCUT2D eigenvalue weighted by Crippen LogP contribution is 2.34. The van der Waals surface area contributed by atoms with Crippen molar-refractivity contribution in [3.05, 3.63) is 63.7 Å². The number of aromatic hydroxyl groups is 1. The van der Waals surface area contributed by atoms with Gasteiger partial charge in [-0.05, 0) is 12.5 Å². The van der Waals surface area contributed by atoms with Crippen LogP contribution in [0.4, 0.5) is 5.69 Å². The van der Waals surface area contributed by atoms with Gasteiger partial charge in [0.15, 0.2) is 11.5 Å². The molecule has 10 nitrogen and oxygen atoms in total. The van der Waals surface area contributed by atoms with Gasteiger partial charge in [0.2, 0.25) is 5.91 Å². The van der Waals surface area contributed by atoms with Crippen molar-refractivity contribution in [1.82, 2.24) is 10.7 Å². The Labute approximate surface area is 171 Å². The first-order chi connectivity index (χ1) is 14.4. The molecule has 2 atom stereocenters. The molecule has 2 amide bonds. The lowest BCUT2D eigenvalue weighted by Gasteiger charge is -2.15. The van der Waals surface area contributed by atoms with Gasteiger partial charge in [0.05, 0.1) is 23.8 Å². The molecule has 0 aliphatic carbocycles. The summed E-state index contributed by atoms with van der Waals surface area (Å²) in [7, 11) is 0. The van der Waals surface area contributed by atoms with Crippen LogP contribution in [0.25, 0.3) is 0 Å². The summed E-state index contributed by atoms with van der Waals surface area (Å²) in [6.45, 7) is 2.19.